The molecule has 12 heavy (non-hydrogen) atoms. The number of thioether (sulfide) groups is 1. The zero-order valence-corrected chi connectivity index (χ0v) is 8.51. The molecule has 0 fully saturated rings. The average Bonchev–Trinajstić information content (AvgIpc) is 2.14. The molecule has 1 aromatic heterocycles. The highest BCUT2D eigenvalue weighted by Crippen LogP contribution is 2.15. The first kappa shape index (κ1) is 9.69. The van der Waals surface area contributed by atoms with Crippen LogP contribution < -0.4 is 0 Å². The summed E-state index contributed by atoms with van der Waals surface area (Å²) in [5, 5.41) is 1.05. The van der Waals surface area contributed by atoms with E-state index in [0.717, 1.165) is 23.4 Å². The van der Waals surface area contributed by atoms with Gasteiger partial charge in [-0.15, -0.1) is 11.8 Å². The van der Waals surface area contributed by atoms with Crippen LogP contribution in [0.5, 0.6) is 0 Å². The highest BCUT2D eigenvalue weighted by atomic mass is 32.2. The van der Waals surface area contributed by atoms with E-state index < -0.39 is 0 Å². The second-order valence-electron chi connectivity index (χ2n) is 2.26. The summed E-state index contributed by atoms with van der Waals surface area (Å²) in [7, 11) is -0.158. The first-order valence-corrected chi connectivity index (χ1v) is 5.92. The largest absolute Gasteiger partial charge is 0.324 e. The van der Waals surface area contributed by atoms with E-state index in [1.54, 1.807) is 18.0 Å². The average molecular weight is 200 g/mol. The minimum absolute atomic E-state index is 0.158. The van der Waals surface area contributed by atoms with Gasteiger partial charge in [0.1, 0.15) is 6.16 Å². The van der Waals surface area contributed by atoms with Crippen molar-refractivity contribution in [2.24, 2.45) is 0 Å². The lowest BCUT2D eigenvalue weighted by atomic mass is 10.5. The van der Waals surface area contributed by atoms with Gasteiger partial charge in [-0.05, 0) is 12.1 Å². The first-order chi connectivity index (χ1) is 5.93. The van der Waals surface area contributed by atoms with E-state index in [9.17, 15) is 4.57 Å². The molecule has 0 aliphatic heterocycles. The quantitative estimate of drug-likeness (QED) is 0.415. The smallest absolute Gasteiger partial charge is 0.250 e. The first-order valence-electron chi connectivity index (χ1n) is 3.82. The Balaban J connectivity index is 2.20. The van der Waals surface area contributed by atoms with Crippen LogP contribution in [0.25, 0.3) is 0 Å². The van der Waals surface area contributed by atoms with Crippen LogP contribution in [0.15, 0.2) is 29.4 Å². The maximum atomic E-state index is 10.1. The second kappa shape index (κ2) is 6.15. The lowest BCUT2D eigenvalue weighted by Crippen LogP contribution is -1.82. The van der Waals surface area contributed by atoms with Crippen LogP contribution in [0.4, 0.5) is 0 Å². The predicted molar refractivity (Wildman–Crippen MR) is 53.4 cm³/mol. The Labute approximate surface area is 78.0 Å². The van der Waals surface area contributed by atoms with E-state index in [1.165, 1.54) is 0 Å². The zero-order chi connectivity index (χ0) is 8.65. The van der Waals surface area contributed by atoms with Crippen molar-refractivity contribution in [1.82, 2.24) is 4.98 Å². The molecule has 1 rings (SSSR count). The number of rotatable bonds is 5. The lowest BCUT2D eigenvalue weighted by Gasteiger charge is -1.95. The molecule has 0 saturated heterocycles. The van der Waals surface area contributed by atoms with Gasteiger partial charge in [0.05, 0.1) is 5.03 Å². The standard InChI is InChI=1S/C8H10NOPS/c10-11-6-3-7-12-8-4-1-2-5-9-8/h1-2,4-5H,3,6-7H2/p+1. The third-order valence-electron chi connectivity index (χ3n) is 1.31. The highest BCUT2D eigenvalue weighted by molar-refractivity contribution is 7.99. The van der Waals surface area contributed by atoms with Crippen LogP contribution in [-0.2, 0) is 4.57 Å². The van der Waals surface area contributed by atoms with Crippen LogP contribution in [0.1, 0.15) is 6.42 Å². The van der Waals surface area contributed by atoms with Gasteiger partial charge in [-0.2, -0.15) is 0 Å². The zero-order valence-electron chi connectivity index (χ0n) is 6.69. The van der Waals surface area contributed by atoms with Gasteiger partial charge in [-0.3, -0.25) is 0 Å². The van der Waals surface area contributed by atoms with Crippen molar-refractivity contribution in [2.75, 3.05) is 11.9 Å². The van der Waals surface area contributed by atoms with Gasteiger partial charge in [0, 0.05) is 18.4 Å². The molecule has 0 aliphatic rings. The van der Waals surface area contributed by atoms with Crippen molar-refractivity contribution < 1.29 is 4.57 Å². The van der Waals surface area contributed by atoms with Crippen molar-refractivity contribution in [3.8, 4) is 0 Å². The summed E-state index contributed by atoms with van der Waals surface area (Å²) >= 11 is 1.71. The Morgan fingerprint density at radius 2 is 2.42 bits per heavy atom. The molecule has 0 amide bonds. The molecule has 0 N–H and O–H groups in total. The summed E-state index contributed by atoms with van der Waals surface area (Å²) in [6.07, 6.45) is 3.60. The fraction of sp³-hybridized carbons (Fsp3) is 0.375. The molecule has 1 unspecified atom stereocenters. The summed E-state index contributed by atoms with van der Waals surface area (Å²) in [4.78, 5) is 4.16. The molecular formula is C8H11NOPS+. The van der Waals surface area contributed by atoms with E-state index in [1.807, 2.05) is 18.2 Å². The maximum absolute atomic E-state index is 10.1. The molecule has 1 atom stereocenters. The topological polar surface area (TPSA) is 30.0 Å². The number of pyridine rings is 1. The second-order valence-corrected chi connectivity index (χ2v) is 4.17. The van der Waals surface area contributed by atoms with Crippen molar-refractivity contribution in [1.29, 1.82) is 0 Å². The molecule has 0 aromatic carbocycles. The monoisotopic (exact) mass is 200 g/mol. The predicted octanol–water partition coefficient (Wildman–Crippen LogP) is 2.59. The summed E-state index contributed by atoms with van der Waals surface area (Å²) in [5.41, 5.74) is 0. The summed E-state index contributed by atoms with van der Waals surface area (Å²) in [6, 6.07) is 5.87. The molecule has 0 aliphatic carbocycles. The molecule has 1 heterocycles. The lowest BCUT2D eigenvalue weighted by molar-refractivity contribution is 0.598. The Kier molecular flexibility index (Phi) is 4.97. The van der Waals surface area contributed by atoms with Gasteiger partial charge in [0.25, 0.3) is 0 Å². The van der Waals surface area contributed by atoms with Crippen molar-refractivity contribution in [3.63, 3.8) is 0 Å². The van der Waals surface area contributed by atoms with Gasteiger partial charge in [0.15, 0.2) is 0 Å². The fourth-order valence-electron chi connectivity index (χ4n) is 0.754. The highest BCUT2D eigenvalue weighted by Gasteiger charge is 1.95. The molecule has 64 valence electrons. The van der Waals surface area contributed by atoms with Crippen LogP contribution >= 0.6 is 20.2 Å². The molecule has 0 radical (unpaired) electrons. The normalized spacial score (nSPS) is 10.3. The van der Waals surface area contributed by atoms with Crippen LogP contribution in [0, 0.1) is 0 Å². The number of nitrogens with zero attached hydrogens (tertiary/aromatic N) is 1. The minimum atomic E-state index is -0.158. The van der Waals surface area contributed by atoms with Gasteiger partial charge in [-0.25, -0.2) is 4.98 Å². The van der Waals surface area contributed by atoms with Crippen LogP contribution in [0.3, 0.4) is 0 Å². The molecule has 0 spiro atoms. The SMILES string of the molecule is O=[PH+]CCCSc1ccccn1. The van der Waals surface area contributed by atoms with Gasteiger partial charge >= 0.3 is 8.46 Å². The van der Waals surface area contributed by atoms with Gasteiger partial charge in [-0.1, -0.05) is 10.6 Å². The van der Waals surface area contributed by atoms with E-state index in [4.69, 9.17) is 0 Å². The summed E-state index contributed by atoms with van der Waals surface area (Å²) in [6.45, 7) is 0. The minimum Gasteiger partial charge on any atom is -0.250 e. The molecule has 4 heteroatoms. The van der Waals surface area contributed by atoms with E-state index in [-0.39, 0.29) is 8.46 Å². The molecular weight excluding hydrogens is 189 g/mol. The third kappa shape index (κ3) is 3.84. The number of hydrogen-bond donors (Lipinski definition) is 0. The molecule has 1 aromatic rings. The van der Waals surface area contributed by atoms with Crippen LogP contribution in [-0.4, -0.2) is 16.9 Å². The van der Waals surface area contributed by atoms with Crippen molar-refractivity contribution in [2.45, 2.75) is 11.4 Å². The Hall–Kier alpha value is -0.400. The van der Waals surface area contributed by atoms with Gasteiger partial charge < -0.3 is 0 Å². The molecule has 0 saturated carbocycles. The van der Waals surface area contributed by atoms with E-state index in [0.29, 0.717) is 0 Å². The number of hydrogen-bond acceptors (Lipinski definition) is 3. The van der Waals surface area contributed by atoms with Crippen molar-refractivity contribution in [3.05, 3.63) is 24.4 Å². The Morgan fingerprint density at radius 3 is 3.08 bits per heavy atom. The Morgan fingerprint density at radius 1 is 1.50 bits per heavy atom. The molecule has 2 nitrogen and oxygen atoms in total. The van der Waals surface area contributed by atoms with Crippen LogP contribution in [0.2, 0.25) is 0 Å². The molecule has 0 bridgehead atoms. The van der Waals surface area contributed by atoms with Crippen molar-refractivity contribution >= 4 is 20.2 Å². The summed E-state index contributed by atoms with van der Waals surface area (Å²) in [5.74, 6) is 1.01. The fourth-order valence-corrected chi connectivity index (χ4v) is 2.14. The van der Waals surface area contributed by atoms with E-state index in [2.05, 4.69) is 4.98 Å². The number of aromatic nitrogens is 1. The maximum Gasteiger partial charge on any atom is 0.324 e. The van der Waals surface area contributed by atoms with E-state index >= 15 is 0 Å². The summed E-state index contributed by atoms with van der Waals surface area (Å²) < 4.78 is 10.1. The third-order valence-corrected chi connectivity index (χ3v) is 2.90. The van der Waals surface area contributed by atoms with Gasteiger partial charge in [0.2, 0.25) is 0 Å². The Bertz CT molecular complexity index is 230.